The van der Waals surface area contributed by atoms with Crippen LogP contribution in [0.1, 0.15) is 26.3 Å². The summed E-state index contributed by atoms with van der Waals surface area (Å²) >= 11 is 0. The van der Waals surface area contributed by atoms with E-state index in [1.807, 2.05) is 6.07 Å². The first-order chi connectivity index (χ1) is 14.3. The number of hydrogen-bond acceptors (Lipinski definition) is 8. The Hall–Kier alpha value is -3.94. The van der Waals surface area contributed by atoms with Gasteiger partial charge in [0.1, 0.15) is 6.61 Å². The van der Waals surface area contributed by atoms with Crippen LogP contribution >= 0.6 is 0 Å². The maximum Gasteiger partial charge on any atom is 0.336 e. The Kier molecular flexibility index (Phi) is 5.96. The zero-order chi connectivity index (χ0) is 21.8. The van der Waals surface area contributed by atoms with Gasteiger partial charge in [0, 0.05) is 37.8 Å². The summed E-state index contributed by atoms with van der Waals surface area (Å²) in [6.45, 7) is 3.29. The minimum atomic E-state index is -0.720. The Labute approximate surface area is 171 Å². The van der Waals surface area contributed by atoms with Crippen molar-refractivity contribution in [1.29, 1.82) is 0 Å². The molecule has 3 aromatic rings. The highest BCUT2D eigenvalue weighted by Crippen LogP contribution is 2.42. The normalized spacial score (nSPS) is 10.5. The van der Waals surface area contributed by atoms with E-state index < -0.39 is 23.5 Å². The summed E-state index contributed by atoms with van der Waals surface area (Å²) in [7, 11) is 0. The highest BCUT2D eigenvalue weighted by Gasteiger charge is 2.24. The summed E-state index contributed by atoms with van der Waals surface area (Å²) in [5.41, 5.74) is 0.724. The maximum atomic E-state index is 12.3. The van der Waals surface area contributed by atoms with E-state index in [-0.39, 0.29) is 29.3 Å². The quantitative estimate of drug-likeness (QED) is 0.358. The SMILES string of the molecule is CC(=O)OCc1cc2c(-c3ccccc3)cc(=O)oc2c(OC(C)=O)c1OC(C)=O. The maximum absolute atomic E-state index is 12.3. The fourth-order valence-electron chi connectivity index (χ4n) is 2.94. The minimum Gasteiger partial charge on any atom is -0.461 e. The monoisotopic (exact) mass is 410 g/mol. The molecule has 30 heavy (non-hydrogen) atoms. The van der Waals surface area contributed by atoms with Crippen LogP contribution < -0.4 is 15.1 Å². The van der Waals surface area contributed by atoms with E-state index in [4.69, 9.17) is 18.6 Å². The van der Waals surface area contributed by atoms with Gasteiger partial charge in [-0.1, -0.05) is 30.3 Å². The van der Waals surface area contributed by atoms with Gasteiger partial charge in [0.25, 0.3) is 0 Å². The summed E-state index contributed by atoms with van der Waals surface area (Å²) in [5, 5.41) is 0.412. The molecule has 0 spiro atoms. The molecule has 0 atom stereocenters. The van der Waals surface area contributed by atoms with E-state index in [1.165, 1.54) is 13.0 Å². The summed E-state index contributed by atoms with van der Waals surface area (Å²) < 4.78 is 20.9. The molecule has 0 unspecified atom stereocenters. The molecule has 0 fully saturated rings. The molecule has 0 aliphatic rings. The third-order valence-corrected chi connectivity index (χ3v) is 4.03. The van der Waals surface area contributed by atoms with Gasteiger partial charge in [0.05, 0.1) is 0 Å². The molecule has 0 N–H and O–H groups in total. The molecule has 1 aromatic heterocycles. The van der Waals surface area contributed by atoms with Gasteiger partial charge in [-0.15, -0.1) is 0 Å². The summed E-state index contributed by atoms with van der Waals surface area (Å²) in [4.78, 5) is 47.0. The van der Waals surface area contributed by atoms with Crippen molar-refractivity contribution in [3.8, 4) is 22.6 Å². The molecule has 0 saturated heterocycles. The van der Waals surface area contributed by atoms with E-state index in [2.05, 4.69) is 0 Å². The van der Waals surface area contributed by atoms with E-state index >= 15 is 0 Å². The van der Waals surface area contributed by atoms with Gasteiger partial charge in [0.2, 0.25) is 5.75 Å². The number of ether oxygens (including phenoxy) is 3. The molecule has 2 aromatic carbocycles. The Balaban J connectivity index is 2.40. The van der Waals surface area contributed by atoms with Gasteiger partial charge in [-0.3, -0.25) is 14.4 Å². The lowest BCUT2D eigenvalue weighted by Crippen LogP contribution is -2.12. The van der Waals surface area contributed by atoms with E-state index in [0.29, 0.717) is 16.5 Å². The van der Waals surface area contributed by atoms with Crippen LogP contribution in [0.4, 0.5) is 0 Å². The van der Waals surface area contributed by atoms with Crippen LogP contribution in [0.25, 0.3) is 22.1 Å². The number of hydrogen-bond donors (Lipinski definition) is 0. The standard InChI is InChI=1S/C22H18O8/c1-12(23)27-11-16-9-18-17(15-7-5-4-6-8-15)10-19(26)30-21(18)22(29-14(3)25)20(16)28-13(2)24/h4-10H,11H2,1-3H3. The minimum absolute atomic E-state index is 0.0700. The second-order valence-electron chi connectivity index (χ2n) is 6.38. The molecule has 8 heteroatoms. The lowest BCUT2D eigenvalue weighted by Gasteiger charge is -2.16. The van der Waals surface area contributed by atoms with E-state index in [1.54, 1.807) is 30.3 Å². The first kappa shape index (κ1) is 20.8. The number of carbonyl (C=O) groups excluding carboxylic acids is 3. The van der Waals surface area contributed by atoms with Crippen molar-refractivity contribution in [1.82, 2.24) is 0 Å². The van der Waals surface area contributed by atoms with Crippen molar-refractivity contribution in [3.05, 3.63) is 58.4 Å². The third-order valence-electron chi connectivity index (χ3n) is 4.03. The van der Waals surface area contributed by atoms with Crippen molar-refractivity contribution in [3.63, 3.8) is 0 Å². The lowest BCUT2D eigenvalue weighted by molar-refractivity contribution is -0.142. The van der Waals surface area contributed by atoms with Gasteiger partial charge in [-0.05, 0) is 17.2 Å². The van der Waals surface area contributed by atoms with E-state index in [0.717, 1.165) is 13.8 Å². The third kappa shape index (κ3) is 4.54. The largest absolute Gasteiger partial charge is 0.461 e. The molecular formula is C22H18O8. The molecule has 0 saturated carbocycles. The molecule has 3 rings (SSSR count). The van der Waals surface area contributed by atoms with Crippen molar-refractivity contribution >= 4 is 28.9 Å². The zero-order valence-corrected chi connectivity index (χ0v) is 16.5. The Bertz CT molecular complexity index is 1190. The summed E-state index contributed by atoms with van der Waals surface area (Å²) in [5.74, 6) is -2.39. The van der Waals surface area contributed by atoms with Crippen LogP contribution in [-0.4, -0.2) is 17.9 Å². The number of carbonyl (C=O) groups is 3. The molecule has 0 aliphatic heterocycles. The molecular weight excluding hydrogens is 392 g/mol. The van der Waals surface area contributed by atoms with Gasteiger partial charge in [-0.25, -0.2) is 4.79 Å². The van der Waals surface area contributed by atoms with Crippen molar-refractivity contribution in [2.75, 3.05) is 0 Å². The average molecular weight is 410 g/mol. The lowest BCUT2D eigenvalue weighted by atomic mass is 9.99. The van der Waals surface area contributed by atoms with Crippen molar-refractivity contribution < 1.29 is 33.0 Å². The van der Waals surface area contributed by atoms with Crippen LogP contribution in [0.15, 0.2) is 51.7 Å². The number of benzene rings is 2. The topological polar surface area (TPSA) is 109 Å². The van der Waals surface area contributed by atoms with Gasteiger partial charge >= 0.3 is 23.5 Å². The first-order valence-electron chi connectivity index (χ1n) is 8.95. The molecule has 0 amide bonds. The van der Waals surface area contributed by atoms with Crippen LogP contribution in [0.5, 0.6) is 11.5 Å². The van der Waals surface area contributed by atoms with Gasteiger partial charge in [0.15, 0.2) is 11.3 Å². The molecule has 1 heterocycles. The van der Waals surface area contributed by atoms with Crippen molar-refractivity contribution in [2.24, 2.45) is 0 Å². The number of rotatable bonds is 5. The Morgan fingerprint density at radius 1 is 0.867 bits per heavy atom. The predicted molar refractivity (Wildman–Crippen MR) is 106 cm³/mol. The number of esters is 3. The smallest absolute Gasteiger partial charge is 0.336 e. The Morgan fingerprint density at radius 3 is 2.10 bits per heavy atom. The van der Waals surface area contributed by atoms with Gasteiger partial charge in [-0.2, -0.15) is 0 Å². The zero-order valence-electron chi connectivity index (χ0n) is 16.5. The van der Waals surface area contributed by atoms with Crippen LogP contribution in [0.3, 0.4) is 0 Å². The molecule has 0 bridgehead atoms. The highest BCUT2D eigenvalue weighted by atomic mass is 16.6. The molecule has 8 nitrogen and oxygen atoms in total. The fraction of sp³-hybridized carbons (Fsp3) is 0.182. The summed E-state index contributed by atoms with van der Waals surface area (Å²) in [6.07, 6.45) is 0. The van der Waals surface area contributed by atoms with Crippen LogP contribution in [-0.2, 0) is 25.7 Å². The Morgan fingerprint density at radius 2 is 1.50 bits per heavy atom. The highest BCUT2D eigenvalue weighted by molar-refractivity contribution is 5.99. The molecule has 154 valence electrons. The second-order valence-corrected chi connectivity index (χ2v) is 6.38. The summed E-state index contributed by atoms with van der Waals surface area (Å²) in [6, 6.07) is 11.9. The van der Waals surface area contributed by atoms with Crippen LogP contribution in [0.2, 0.25) is 0 Å². The molecule has 0 radical (unpaired) electrons. The van der Waals surface area contributed by atoms with Crippen LogP contribution in [0, 0.1) is 0 Å². The van der Waals surface area contributed by atoms with E-state index in [9.17, 15) is 19.2 Å². The number of fused-ring (bicyclic) bond motifs is 1. The van der Waals surface area contributed by atoms with Gasteiger partial charge < -0.3 is 18.6 Å². The predicted octanol–water partition coefficient (Wildman–Crippen LogP) is 3.37. The fourth-order valence-corrected chi connectivity index (χ4v) is 2.94. The average Bonchev–Trinajstić information content (AvgIpc) is 2.68. The first-order valence-corrected chi connectivity index (χ1v) is 8.95. The van der Waals surface area contributed by atoms with Crippen molar-refractivity contribution in [2.45, 2.75) is 27.4 Å². The molecule has 0 aliphatic carbocycles. The second kappa shape index (κ2) is 8.60.